The third-order valence-corrected chi connectivity index (χ3v) is 10.4. The lowest BCUT2D eigenvalue weighted by Gasteiger charge is -2.62. The molecule has 1 amide bonds. The minimum Gasteiger partial charge on any atom is -0.393 e. The van der Waals surface area contributed by atoms with Gasteiger partial charge in [-0.3, -0.25) is 10.2 Å². The van der Waals surface area contributed by atoms with Gasteiger partial charge in [0, 0.05) is 6.42 Å². The monoisotopic (exact) mass is 406 g/mol. The number of nitrogens with one attached hydrogen (secondary N) is 1. The number of aliphatic hydroxyl groups excluding tert-OH is 2. The molecule has 0 aliphatic heterocycles. The third kappa shape index (κ3) is 3.45. The molecule has 4 aliphatic rings. The Kier molecular flexibility index (Phi) is 5.80. The first-order valence-corrected chi connectivity index (χ1v) is 12.1. The molecule has 0 aromatic heterocycles. The van der Waals surface area contributed by atoms with Crippen LogP contribution in [0.15, 0.2) is 0 Å². The van der Waals surface area contributed by atoms with Crippen molar-refractivity contribution in [1.29, 1.82) is 0 Å². The van der Waals surface area contributed by atoms with E-state index in [0.29, 0.717) is 41.9 Å². The molecule has 4 aliphatic carbocycles. The van der Waals surface area contributed by atoms with E-state index in [1.807, 2.05) is 0 Å². The number of carbonyl (C=O) groups excluding carboxylic acids is 1. The molecule has 5 nitrogen and oxygen atoms in total. The molecular formula is C24H42N2O3. The average Bonchev–Trinajstić information content (AvgIpc) is 3.04. The van der Waals surface area contributed by atoms with Crippen molar-refractivity contribution in [3.05, 3.63) is 0 Å². The highest BCUT2D eigenvalue weighted by molar-refractivity contribution is 5.75. The molecule has 0 aromatic rings. The van der Waals surface area contributed by atoms with Gasteiger partial charge in [0.15, 0.2) is 0 Å². The number of nitrogens with two attached hydrogens (primary N) is 1. The van der Waals surface area contributed by atoms with Crippen molar-refractivity contribution >= 4 is 5.91 Å². The normalized spacial score (nSPS) is 50.2. The van der Waals surface area contributed by atoms with Crippen LogP contribution >= 0.6 is 0 Å². The SMILES string of the molecule is C[C@H](CCC(=O)NN)[C@H]1CC[C@H]2[C@@H]3[C@H](O)C[C@H]4C[C@@H](O)CC[C@]4(C)[C@H]3CC[C@]12C. The van der Waals surface area contributed by atoms with Gasteiger partial charge >= 0.3 is 0 Å². The summed E-state index contributed by atoms with van der Waals surface area (Å²) in [6, 6.07) is 0. The number of hydrogen-bond acceptors (Lipinski definition) is 4. The Balaban J connectivity index is 1.53. The highest BCUT2D eigenvalue weighted by atomic mass is 16.3. The number of aliphatic hydroxyl groups is 2. The van der Waals surface area contributed by atoms with Gasteiger partial charge in [0.05, 0.1) is 12.2 Å². The summed E-state index contributed by atoms with van der Waals surface area (Å²) in [6.07, 6.45) is 9.70. The molecule has 4 saturated carbocycles. The van der Waals surface area contributed by atoms with Crippen molar-refractivity contribution in [2.45, 2.75) is 97.2 Å². The molecule has 0 aromatic carbocycles. The Hall–Kier alpha value is -0.650. The van der Waals surface area contributed by atoms with Crippen LogP contribution in [0.2, 0.25) is 0 Å². The number of fused-ring (bicyclic) bond motifs is 5. The summed E-state index contributed by atoms with van der Waals surface area (Å²) in [6.45, 7) is 7.26. The summed E-state index contributed by atoms with van der Waals surface area (Å²) >= 11 is 0. The van der Waals surface area contributed by atoms with Crippen LogP contribution < -0.4 is 11.3 Å². The second-order valence-electron chi connectivity index (χ2n) is 11.5. The van der Waals surface area contributed by atoms with Gasteiger partial charge in [0.25, 0.3) is 0 Å². The van der Waals surface area contributed by atoms with Crippen LogP contribution in [0.1, 0.15) is 85.0 Å². The molecule has 166 valence electrons. The van der Waals surface area contributed by atoms with E-state index in [4.69, 9.17) is 5.84 Å². The molecule has 5 N–H and O–H groups in total. The van der Waals surface area contributed by atoms with Crippen LogP contribution in [-0.2, 0) is 4.79 Å². The molecule has 0 spiro atoms. The van der Waals surface area contributed by atoms with E-state index in [-0.39, 0.29) is 28.9 Å². The van der Waals surface area contributed by atoms with E-state index in [0.717, 1.165) is 32.1 Å². The minimum atomic E-state index is -0.218. The Labute approximate surface area is 176 Å². The van der Waals surface area contributed by atoms with Crippen LogP contribution in [0.5, 0.6) is 0 Å². The molecule has 0 radical (unpaired) electrons. The summed E-state index contributed by atoms with van der Waals surface area (Å²) < 4.78 is 0. The topological polar surface area (TPSA) is 95.6 Å². The number of hydrazine groups is 1. The van der Waals surface area contributed by atoms with Gasteiger partial charge in [0.2, 0.25) is 5.91 Å². The Morgan fingerprint density at radius 1 is 1.07 bits per heavy atom. The lowest BCUT2D eigenvalue weighted by molar-refractivity contribution is -0.174. The van der Waals surface area contributed by atoms with Crippen LogP contribution in [0.3, 0.4) is 0 Å². The Morgan fingerprint density at radius 2 is 1.76 bits per heavy atom. The lowest BCUT2D eigenvalue weighted by Crippen LogP contribution is -2.58. The van der Waals surface area contributed by atoms with Crippen molar-refractivity contribution in [3.8, 4) is 0 Å². The maximum atomic E-state index is 11.6. The van der Waals surface area contributed by atoms with Gasteiger partial charge < -0.3 is 10.2 Å². The van der Waals surface area contributed by atoms with Crippen LogP contribution in [0, 0.1) is 46.3 Å². The van der Waals surface area contributed by atoms with E-state index >= 15 is 0 Å². The van der Waals surface area contributed by atoms with Crippen molar-refractivity contribution in [1.82, 2.24) is 5.43 Å². The molecule has 0 heterocycles. The van der Waals surface area contributed by atoms with Crippen LogP contribution in [-0.4, -0.2) is 28.3 Å². The van der Waals surface area contributed by atoms with E-state index in [9.17, 15) is 15.0 Å². The summed E-state index contributed by atoms with van der Waals surface area (Å²) in [5.74, 6) is 8.40. The zero-order chi connectivity index (χ0) is 21.0. The first kappa shape index (κ1) is 21.6. The highest BCUT2D eigenvalue weighted by Crippen LogP contribution is 2.68. The van der Waals surface area contributed by atoms with E-state index in [1.54, 1.807) is 0 Å². The molecule has 0 bridgehead atoms. The molecule has 5 heteroatoms. The maximum Gasteiger partial charge on any atom is 0.233 e. The predicted molar refractivity (Wildman–Crippen MR) is 113 cm³/mol. The zero-order valence-corrected chi connectivity index (χ0v) is 18.6. The third-order valence-electron chi connectivity index (χ3n) is 10.4. The number of hydrogen-bond donors (Lipinski definition) is 4. The molecule has 4 fully saturated rings. The van der Waals surface area contributed by atoms with E-state index in [1.165, 1.54) is 25.7 Å². The van der Waals surface area contributed by atoms with Gasteiger partial charge in [0.1, 0.15) is 0 Å². The first-order valence-electron chi connectivity index (χ1n) is 12.1. The van der Waals surface area contributed by atoms with Crippen molar-refractivity contribution in [2.75, 3.05) is 0 Å². The highest BCUT2D eigenvalue weighted by Gasteiger charge is 2.62. The number of amides is 1. The average molecular weight is 407 g/mol. The number of carbonyl (C=O) groups is 1. The zero-order valence-electron chi connectivity index (χ0n) is 18.6. The van der Waals surface area contributed by atoms with Crippen LogP contribution in [0.25, 0.3) is 0 Å². The first-order chi connectivity index (χ1) is 13.7. The molecular weight excluding hydrogens is 364 g/mol. The maximum absolute atomic E-state index is 11.6. The Morgan fingerprint density at radius 3 is 2.48 bits per heavy atom. The predicted octanol–water partition coefficient (Wildman–Crippen LogP) is 3.38. The van der Waals surface area contributed by atoms with Gasteiger partial charge in [-0.15, -0.1) is 0 Å². The summed E-state index contributed by atoms with van der Waals surface area (Å²) in [4.78, 5) is 11.6. The van der Waals surface area contributed by atoms with Gasteiger partial charge in [-0.1, -0.05) is 20.8 Å². The van der Waals surface area contributed by atoms with Crippen molar-refractivity contribution in [2.24, 2.45) is 52.2 Å². The largest absolute Gasteiger partial charge is 0.393 e. The molecule has 10 atom stereocenters. The van der Waals surface area contributed by atoms with Crippen LogP contribution in [0.4, 0.5) is 0 Å². The van der Waals surface area contributed by atoms with Gasteiger partial charge in [-0.05, 0) is 104 Å². The quantitative estimate of drug-likeness (QED) is 0.327. The van der Waals surface area contributed by atoms with Crippen molar-refractivity contribution < 1.29 is 15.0 Å². The lowest BCUT2D eigenvalue weighted by atomic mass is 9.43. The fourth-order valence-corrected chi connectivity index (χ4v) is 8.81. The molecule has 0 saturated heterocycles. The smallest absolute Gasteiger partial charge is 0.233 e. The Bertz CT molecular complexity index is 627. The standard InChI is InChI=1S/C24H42N2O3/c1-14(4-7-21(29)26-25)17-5-6-18-22-19(9-11-24(17,18)3)23(2)10-8-16(27)12-15(23)13-20(22)28/h14-20,22,27-28H,4-13,25H2,1-3H3,(H,26,29)/t14-,15-,16+,17-,18+,19+,20-,22+,23+,24-/m1/s1. The molecule has 4 rings (SSSR count). The molecule has 0 unspecified atom stereocenters. The summed E-state index contributed by atoms with van der Waals surface area (Å²) in [5, 5.41) is 21.5. The summed E-state index contributed by atoms with van der Waals surface area (Å²) in [5.41, 5.74) is 2.82. The minimum absolute atomic E-state index is 0.0681. The fourth-order valence-electron chi connectivity index (χ4n) is 8.81. The van der Waals surface area contributed by atoms with Crippen molar-refractivity contribution in [3.63, 3.8) is 0 Å². The number of rotatable bonds is 4. The van der Waals surface area contributed by atoms with E-state index in [2.05, 4.69) is 26.2 Å². The van der Waals surface area contributed by atoms with E-state index < -0.39 is 0 Å². The molecule has 29 heavy (non-hydrogen) atoms. The second kappa shape index (κ2) is 7.80. The van der Waals surface area contributed by atoms with Gasteiger partial charge in [-0.2, -0.15) is 0 Å². The summed E-state index contributed by atoms with van der Waals surface area (Å²) in [7, 11) is 0. The van der Waals surface area contributed by atoms with Gasteiger partial charge in [-0.25, -0.2) is 5.84 Å². The second-order valence-corrected chi connectivity index (χ2v) is 11.5. The fraction of sp³-hybridized carbons (Fsp3) is 0.958.